The summed E-state index contributed by atoms with van der Waals surface area (Å²) in [6, 6.07) is 36.9. The number of likely N-dealkylation sites (tertiary alicyclic amines) is 1. The number of amides is 2. The number of rotatable bonds is 25. The van der Waals surface area contributed by atoms with Crippen LogP contribution in [0.15, 0.2) is 121 Å². The van der Waals surface area contributed by atoms with Crippen molar-refractivity contribution in [3.8, 4) is 46.0 Å². The van der Waals surface area contributed by atoms with Crippen molar-refractivity contribution in [2.45, 2.75) is 58.7 Å². The van der Waals surface area contributed by atoms with Gasteiger partial charge in [-0.1, -0.05) is 71.7 Å². The van der Waals surface area contributed by atoms with Gasteiger partial charge in [0.25, 0.3) is 11.8 Å². The smallest absolute Gasteiger partial charge is 0.255 e. The first-order chi connectivity index (χ1) is 34.6. The molecule has 1 atom stereocenters. The summed E-state index contributed by atoms with van der Waals surface area (Å²) in [6.07, 6.45) is 2.65. The van der Waals surface area contributed by atoms with E-state index in [1.54, 1.807) is 57.6 Å². The second-order valence-electron chi connectivity index (χ2n) is 17.0. The van der Waals surface area contributed by atoms with Crippen LogP contribution in [0.4, 0.5) is 0 Å². The first-order valence-electron chi connectivity index (χ1n) is 23.6. The van der Waals surface area contributed by atoms with Gasteiger partial charge in [-0.2, -0.15) is 0 Å². The first-order valence-corrected chi connectivity index (χ1v) is 24.3. The predicted octanol–water partition coefficient (Wildman–Crippen LogP) is 11.1. The summed E-state index contributed by atoms with van der Waals surface area (Å²) in [5.41, 5.74) is 4.03. The second-order valence-corrected chi connectivity index (χ2v) is 17.8. The third-order valence-corrected chi connectivity index (χ3v) is 13.0. The molecule has 0 radical (unpaired) electrons. The van der Waals surface area contributed by atoms with Gasteiger partial charge in [0.2, 0.25) is 0 Å². The lowest BCUT2D eigenvalue weighted by molar-refractivity contribution is 0.0700. The molecule has 13 nitrogen and oxygen atoms in total. The van der Waals surface area contributed by atoms with Crippen LogP contribution in [0.3, 0.4) is 0 Å². The average Bonchev–Trinajstić information content (AvgIpc) is 3.96. The van der Waals surface area contributed by atoms with Crippen molar-refractivity contribution in [2.24, 2.45) is 0 Å². The maximum atomic E-state index is 14.8. The fraction of sp³-hybridized carbons (Fsp3) is 0.321. The summed E-state index contributed by atoms with van der Waals surface area (Å²) in [7, 11) is 6.45. The van der Waals surface area contributed by atoms with Crippen LogP contribution >= 0.6 is 23.2 Å². The normalized spacial score (nSPS) is 12.7. The Morgan fingerprint density at radius 1 is 0.549 bits per heavy atom. The van der Waals surface area contributed by atoms with Crippen LogP contribution in [-0.4, -0.2) is 88.8 Å². The molecule has 1 aliphatic rings. The fourth-order valence-corrected chi connectivity index (χ4v) is 8.65. The van der Waals surface area contributed by atoms with Crippen molar-refractivity contribution in [2.75, 3.05) is 61.2 Å². The summed E-state index contributed by atoms with van der Waals surface area (Å²) in [4.78, 5) is 32.8. The van der Waals surface area contributed by atoms with E-state index in [4.69, 9.17) is 61.1 Å². The molecule has 0 aromatic heterocycles. The van der Waals surface area contributed by atoms with Crippen LogP contribution in [0.5, 0.6) is 46.0 Å². The highest BCUT2D eigenvalue weighted by molar-refractivity contribution is 6.36. The molecule has 0 aliphatic carbocycles. The SMILES string of the molecule is COc1ccc(COc2ccc(C(=O)NCCCN(C[C@@H](C)N3CCCC3)C(=O)c3ccc(OCc4ccc(OC)cc4)c(OCc4ccc(OC)cc4)c3Cl)c(Cl)c2OCc2ccc(OC)cc2)cc1. The van der Waals surface area contributed by atoms with Gasteiger partial charge in [0, 0.05) is 25.7 Å². The van der Waals surface area contributed by atoms with Crippen LogP contribution in [0.25, 0.3) is 0 Å². The van der Waals surface area contributed by atoms with Crippen LogP contribution in [-0.2, 0) is 26.4 Å². The molecular weight excluding hydrogens is 946 g/mol. The van der Waals surface area contributed by atoms with Crippen molar-refractivity contribution < 1.29 is 47.5 Å². The molecule has 71 heavy (non-hydrogen) atoms. The minimum Gasteiger partial charge on any atom is -0.497 e. The van der Waals surface area contributed by atoms with E-state index < -0.39 is 5.91 Å². The lowest BCUT2D eigenvalue weighted by Gasteiger charge is -2.31. The van der Waals surface area contributed by atoms with Crippen molar-refractivity contribution in [3.05, 3.63) is 165 Å². The molecule has 0 saturated carbocycles. The number of carbonyl (C=O) groups excluding carboxylic acids is 2. The van der Waals surface area contributed by atoms with Crippen LogP contribution < -0.4 is 43.2 Å². The Hall–Kier alpha value is -6.80. The van der Waals surface area contributed by atoms with Gasteiger partial charge in [0.15, 0.2) is 23.0 Å². The Labute approximate surface area is 426 Å². The molecule has 7 rings (SSSR count). The van der Waals surface area contributed by atoms with Gasteiger partial charge in [-0.15, -0.1) is 0 Å². The molecule has 1 fully saturated rings. The maximum absolute atomic E-state index is 14.8. The molecule has 374 valence electrons. The molecule has 6 aromatic rings. The van der Waals surface area contributed by atoms with E-state index in [1.807, 2.05) is 97.1 Å². The molecule has 6 aromatic carbocycles. The van der Waals surface area contributed by atoms with E-state index in [9.17, 15) is 9.59 Å². The Morgan fingerprint density at radius 2 is 0.930 bits per heavy atom. The van der Waals surface area contributed by atoms with Gasteiger partial charge in [-0.05, 0) is 134 Å². The van der Waals surface area contributed by atoms with Crippen LogP contribution in [0.2, 0.25) is 10.0 Å². The third-order valence-electron chi connectivity index (χ3n) is 12.2. The van der Waals surface area contributed by atoms with Gasteiger partial charge in [-0.25, -0.2) is 0 Å². The van der Waals surface area contributed by atoms with Gasteiger partial charge < -0.3 is 48.1 Å². The number of nitrogens with zero attached hydrogens (tertiary/aromatic N) is 2. The molecule has 1 aliphatic heterocycles. The highest BCUT2D eigenvalue weighted by atomic mass is 35.5. The molecule has 1 N–H and O–H groups in total. The van der Waals surface area contributed by atoms with Gasteiger partial charge >= 0.3 is 0 Å². The van der Waals surface area contributed by atoms with Crippen molar-refractivity contribution in [1.82, 2.24) is 15.1 Å². The first kappa shape index (κ1) is 52.0. The zero-order valence-electron chi connectivity index (χ0n) is 40.8. The standard InChI is InChI=1S/C56H61Cl2N3O10/c1-38(60-30-6-7-31-60)33-61(56(63)48-26-28-50(69-35-40-11-19-44(65-3)20-12-40)54(52(48)58)71-37-42-15-23-46(67-5)24-16-42)32-8-29-59-55(62)47-25-27-49(68-34-39-9-17-43(64-2)18-10-39)53(51(47)57)70-36-41-13-21-45(66-4)22-14-41/h9-28,38H,6-8,29-37H2,1-5H3,(H,59,62)/t38-/m1/s1. The summed E-state index contributed by atoms with van der Waals surface area (Å²) >= 11 is 14.2. The Bertz CT molecular complexity index is 2660. The summed E-state index contributed by atoms with van der Waals surface area (Å²) in [5.74, 6) is 3.48. The topological polar surface area (TPSA) is 126 Å². The molecule has 0 spiro atoms. The minimum atomic E-state index is -0.402. The zero-order valence-corrected chi connectivity index (χ0v) is 42.4. The largest absolute Gasteiger partial charge is 0.497 e. The molecule has 0 unspecified atom stereocenters. The van der Waals surface area contributed by atoms with Crippen LogP contribution in [0, 0.1) is 0 Å². The number of hydrogen-bond donors (Lipinski definition) is 1. The highest BCUT2D eigenvalue weighted by Gasteiger charge is 2.28. The van der Waals surface area contributed by atoms with E-state index in [0.29, 0.717) is 36.8 Å². The third kappa shape index (κ3) is 14.2. The summed E-state index contributed by atoms with van der Waals surface area (Å²) in [5, 5.41) is 3.26. The monoisotopic (exact) mass is 1010 g/mol. The number of benzene rings is 6. The highest BCUT2D eigenvalue weighted by Crippen LogP contribution is 2.41. The molecule has 1 saturated heterocycles. The Morgan fingerprint density at radius 3 is 1.34 bits per heavy atom. The molecule has 2 amide bonds. The lowest BCUT2D eigenvalue weighted by atomic mass is 10.1. The number of nitrogens with one attached hydrogen (secondary N) is 1. The van der Waals surface area contributed by atoms with Crippen molar-refractivity contribution >= 4 is 35.0 Å². The van der Waals surface area contributed by atoms with Crippen LogP contribution in [0.1, 0.15) is 69.2 Å². The lowest BCUT2D eigenvalue weighted by Crippen LogP contribution is -2.44. The van der Waals surface area contributed by atoms with Gasteiger partial charge in [0.1, 0.15) is 49.4 Å². The average molecular weight is 1010 g/mol. The Balaban J connectivity index is 1.07. The van der Waals surface area contributed by atoms with E-state index in [-0.39, 0.29) is 77.6 Å². The van der Waals surface area contributed by atoms with Gasteiger partial charge in [-0.3, -0.25) is 14.5 Å². The molecule has 1 heterocycles. The van der Waals surface area contributed by atoms with E-state index >= 15 is 0 Å². The summed E-state index contributed by atoms with van der Waals surface area (Å²) < 4.78 is 46.4. The zero-order chi connectivity index (χ0) is 50.1. The van der Waals surface area contributed by atoms with Crippen molar-refractivity contribution in [1.29, 1.82) is 0 Å². The van der Waals surface area contributed by atoms with Gasteiger partial charge in [0.05, 0.1) is 49.6 Å². The fourth-order valence-electron chi connectivity index (χ4n) is 8.06. The summed E-state index contributed by atoms with van der Waals surface area (Å²) in [6.45, 7) is 5.84. The van der Waals surface area contributed by atoms with E-state index in [2.05, 4.69) is 17.1 Å². The minimum absolute atomic E-state index is 0.0771. The van der Waals surface area contributed by atoms with E-state index in [0.717, 1.165) is 65.4 Å². The number of ether oxygens (including phenoxy) is 8. The number of carbonyl (C=O) groups is 2. The number of methoxy groups -OCH3 is 4. The molecule has 0 bridgehead atoms. The maximum Gasteiger partial charge on any atom is 0.255 e. The number of hydrogen-bond acceptors (Lipinski definition) is 11. The molecule has 15 heteroatoms. The van der Waals surface area contributed by atoms with Crippen molar-refractivity contribution in [3.63, 3.8) is 0 Å². The number of halogens is 2. The van der Waals surface area contributed by atoms with E-state index in [1.165, 1.54) is 0 Å². The molecular formula is C56H61Cl2N3O10. The quantitative estimate of drug-likeness (QED) is 0.0551. The predicted molar refractivity (Wildman–Crippen MR) is 275 cm³/mol. The Kier molecular flexibility index (Phi) is 19.0. The second kappa shape index (κ2) is 25.9.